The van der Waals surface area contributed by atoms with Crippen molar-refractivity contribution >= 4 is 27.7 Å². The van der Waals surface area contributed by atoms with Crippen LogP contribution in [-0.2, 0) is 19.1 Å². The van der Waals surface area contributed by atoms with E-state index in [4.69, 9.17) is 18.9 Å². The third-order valence-corrected chi connectivity index (χ3v) is 7.28. The summed E-state index contributed by atoms with van der Waals surface area (Å²) in [6, 6.07) is 13.4. The van der Waals surface area contributed by atoms with Crippen LogP contribution in [0.3, 0.4) is 0 Å². The molecule has 1 aliphatic carbocycles. The molecule has 1 heterocycles. The molecule has 0 radical (unpaired) electrons. The summed E-state index contributed by atoms with van der Waals surface area (Å²) in [6.45, 7) is 2.26. The average molecular weight is 556 g/mol. The smallest absolute Gasteiger partial charge is 0.336 e. The summed E-state index contributed by atoms with van der Waals surface area (Å²) in [5.41, 5.74) is 4.32. The molecule has 8 heteroatoms. The van der Waals surface area contributed by atoms with Gasteiger partial charge in [-0.2, -0.15) is 0 Å². The first-order chi connectivity index (χ1) is 17.4. The van der Waals surface area contributed by atoms with E-state index in [9.17, 15) is 9.59 Å². The van der Waals surface area contributed by atoms with Gasteiger partial charge in [0.15, 0.2) is 5.78 Å². The molecule has 0 saturated heterocycles. The zero-order valence-corrected chi connectivity index (χ0v) is 22.4. The van der Waals surface area contributed by atoms with Crippen molar-refractivity contribution in [2.45, 2.75) is 31.6 Å². The van der Waals surface area contributed by atoms with Crippen molar-refractivity contribution < 1.29 is 28.5 Å². The van der Waals surface area contributed by atoms with E-state index in [-0.39, 0.29) is 24.9 Å². The second kappa shape index (κ2) is 11.3. The molecule has 0 bridgehead atoms. The molecule has 0 unspecified atom stereocenters. The lowest BCUT2D eigenvalue weighted by molar-refractivity contribution is -0.140. The highest BCUT2D eigenvalue weighted by atomic mass is 79.9. The molecule has 0 saturated carbocycles. The van der Waals surface area contributed by atoms with Crippen molar-refractivity contribution in [1.82, 2.24) is 5.32 Å². The molecule has 190 valence electrons. The molecule has 2 aliphatic rings. The first-order valence-corrected chi connectivity index (χ1v) is 12.5. The van der Waals surface area contributed by atoms with E-state index in [1.165, 1.54) is 0 Å². The topological polar surface area (TPSA) is 83.1 Å². The van der Waals surface area contributed by atoms with E-state index < -0.39 is 11.9 Å². The molecule has 0 aromatic heterocycles. The number of Topliss-reactive ketones (excluding diaryl/α,β-unsaturated/α-hetero) is 1. The number of nitrogens with one attached hydrogen (secondary N) is 1. The number of hydrogen-bond donors (Lipinski definition) is 1. The van der Waals surface area contributed by atoms with Crippen LogP contribution in [-0.4, -0.2) is 46.3 Å². The summed E-state index contributed by atoms with van der Waals surface area (Å²) in [5, 5.41) is 3.37. The van der Waals surface area contributed by atoms with Crippen LogP contribution in [0, 0.1) is 0 Å². The predicted octanol–water partition coefficient (Wildman–Crippen LogP) is 5.02. The van der Waals surface area contributed by atoms with Crippen LogP contribution in [0.25, 0.3) is 0 Å². The minimum absolute atomic E-state index is 0.00807. The van der Waals surface area contributed by atoms with E-state index >= 15 is 0 Å². The van der Waals surface area contributed by atoms with E-state index in [0.29, 0.717) is 35.4 Å². The van der Waals surface area contributed by atoms with Crippen LogP contribution >= 0.6 is 15.9 Å². The zero-order chi connectivity index (χ0) is 25.8. The van der Waals surface area contributed by atoms with Gasteiger partial charge in [0.2, 0.25) is 0 Å². The van der Waals surface area contributed by atoms with Crippen LogP contribution in [0.2, 0.25) is 0 Å². The number of benzene rings is 2. The lowest BCUT2D eigenvalue weighted by atomic mass is 9.71. The first kappa shape index (κ1) is 26.0. The molecular formula is C28H30BrNO6. The quantitative estimate of drug-likeness (QED) is 0.361. The fourth-order valence-electron chi connectivity index (χ4n) is 5.02. The summed E-state index contributed by atoms with van der Waals surface area (Å²) in [7, 11) is 4.78. The molecule has 1 N–H and O–H groups in total. The fourth-order valence-corrected chi connectivity index (χ4v) is 5.58. The molecule has 0 spiro atoms. The molecule has 0 fully saturated rings. The highest BCUT2D eigenvalue weighted by Crippen LogP contribution is 2.47. The van der Waals surface area contributed by atoms with Gasteiger partial charge in [-0.3, -0.25) is 4.79 Å². The number of methoxy groups -OCH3 is 3. The minimum Gasteiger partial charge on any atom is -0.496 e. The third-order valence-electron chi connectivity index (χ3n) is 6.66. The maximum Gasteiger partial charge on any atom is 0.336 e. The molecule has 4 rings (SSSR count). The molecule has 2 atom stereocenters. The van der Waals surface area contributed by atoms with Crippen LogP contribution in [0.1, 0.15) is 42.7 Å². The number of ketones is 1. The summed E-state index contributed by atoms with van der Waals surface area (Å²) in [4.78, 5) is 27.0. The number of rotatable bonds is 8. The van der Waals surface area contributed by atoms with Crippen molar-refractivity contribution in [2.75, 3.05) is 34.5 Å². The number of esters is 1. The molecule has 2 aromatic carbocycles. The fraction of sp³-hybridized carbons (Fsp3) is 0.357. The van der Waals surface area contributed by atoms with Gasteiger partial charge in [0.05, 0.1) is 30.9 Å². The molecule has 7 nitrogen and oxygen atoms in total. The Balaban J connectivity index is 1.78. The number of halogens is 1. The Kier molecular flexibility index (Phi) is 8.16. The molecule has 1 aliphatic heterocycles. The highest BCUT2D eigenvalue weighted by Gasteiger charge is 2.42. The number of ether oxygens (including phenoxy) is 4. The van der Waals surface area contributed by atoms with Gasteiger partial charge < -0.3 is 24.3 Å². The molecular weight excluding hydrogens is 526 g/mol. The van der Waals surface area contributed by atoms with Gasteiger partial charge >= 0.3 is 5.97 Å². The van der Waals surface area contributed by atoms with Crippen molar-refractivity contribution in [2.24, 2.45) is 0 Å². The maximum absolute atomic E-state index is 13.8. The van der Waals surface area contributed by atoms with Crippen LogP contribution in [0.15, 0.2) is 69.5 Å². The van der Waals surface area contributed by atoms with Gasteiger partial charge in [-0.1, -0.05) is 24.3 Å². The van der Waals surface area contributed by atoms with Gasteiger partial charge in [-0.15, -0.1) is 0 Å². The Hall–Kier alpha value is -3.10. The van der Waals surface area contributed by atoms with Gasteiger partial charge in [0.25, 0.3) is 0 Å². The Labute approximate surface area is 219 Å². The largest absolute Gasteiger partial charge is 0.496 e. The van der Waals surface area contributed by atoms with Crippen LogP contribution in [0.4, 0.5) is 0 Å². The number of hydrogen-bond acceptors (Lipinski definition) is 7. The highest BCUT2D eigenvalue weighted by molar-refractivity contribution is 9.10. The maximum atomic E-state index is 13.8. The van der Waals surface area contributed by atoms with Gasteiger partial charge in [0, 0.05) is 42.3 Å². The second-order valence-corrected chi connectivity index (χ2v) is 9.64. The standard InChI is InChI=1S/C28H30BrNO6/c1-16-25(28(32)36-12-11-33-2)26(17-9-10-24(35-4)20(29)13-17)27-21(30-16)14-18(15-22(27)31)19-7-5-6-8-23(19)34-3/h5-10,13,18,26,30H,11-12,14-15H2,1-4H3/t18-,26-/m1/s1. The normalized spacial score (nSPS) is 19.5. The summed E-state index contributed by atoms with van der Waals surface area (Å²) < 4.78 is 22.2. The lowest BCUT2D eigenvalue weighted by Crippen LogP contribution is -2.36. The zero-order valence-electron chi connectivity index (χ0n) is 20.9. The predicted molar refractivity (Wildman–Crippen MR) is 139 cm³/mol. The first-order valence-electron chi connectivity index (χ1n) is 11.8. The molecule has 36 heavy (non-hydrogen) atoms. The van der Waals surface area contributed by atoms with Crippen molar-refractivity contribution in [1.29, 1.82) is 0 Å². The summed E-state index contributed by atoms with van der Waals surface area (Å²) in [5.74, 6) is 0.348. The van der Waals surface area contributed by atoms with Crippen molar-refractivity contribution in [3.8, 4) is 11.5 Å². The third kappa shape index (κ3) is 5.06. The summed E-state index contributed by atoms with van der Waals surface area (Å²) >= 11 is 3.55. The van der Waals surface area contributed by atoms with Crippen molar-refractivity contribution in [3.05, 3.63) is 80.6 Å². The summed E-state index contributed by atoms with van der Waals surface area (Å²) in [6.07, 6.45) is 0.943. The minimum atomic E-state index is -0.565. The van der Waals surface area contributed by atoms with Crippen molar-refractivity contribution in [3.63, 3.8) is 0 Å². The Morgan fingerprint density at radius 1 is 1.03 bits per heavy atom. The average Bonchev–Trinajstić information content (AvgIpc) is 2.87. The number of carbonyl (C=O) groups is 2. The monoisotopic (exact) mass is 555 g/mol. The lowest BCUT2D eigenvalue weighted by Gasteiger charge is -2.37. The Morgan fingerprint density at radius 3 is 2.47 bits per heavy atom. The second-order valence-electron chi connectivity index (χ2n) is 8.78. The van der Waals surface area contributed by atoms with E-state index in [0.717, 1.165) is 27.0 Å². The Morgan fingerprint density at radius 2 is 1.78 bits per heavy atom. The number of para-hydroxylation sites is 1. The van der Waals surface area contributed by atoms with E-state index in [1.807, 2.05) is 49.4 Å². The molecule has 0 amide bonds. The van der Waals surface area contributed by atoms with E-state index in [1.54, 1.807) is 21.3 Å². The van der Waals surface area contributed by atoms with Gasteiger partial charge in [0.1, 0.15) is 18.1 Å². The molecule has 2 aromatic rings. The van der Waals surface area contributed by atoms with Crippen LogP contribution < -0.4 is 14.8 Å². The van der Waals surface area contributed by atoms with Crippen LogP contribution in [0.5, 0.6) is 11.5 Å². The number of allylic oxidation sites excluding steroid dienone is 3. The number of dihydropyridines is 1. The van der Waals surface area contributed by atoms with Gasteiger partial charge in [-0.05, 0) is 58.6 Å². The number of carbonyl (C=O) groups excluding carboxylic acids is 2. The van der Waals surface area contributed by atoms with E-state index in [2.05, 4.69) is 21.2 Å². The van der Waals surface area contributed by atoms with Gasteiger partial charge in [-0.25, -0.2) is 4.79 Å². The Bertz CT molecular complexity index is 1230. The SMILES string of the molecule is COCCOC(=O)C1=C(C)NC2=C(C(=O)C[C@H](c3ccccc3OC)C2)[C@@H]1c1ccc(OC)c(Br)c1.